The van der Waals surface area contributed by atoms with Crippen LogP contribution < -0.4 is 10.6 Å². The van der Waals surface area contributed by atoms with Crippen molar-refractivity contribution in [3.63, 3.8) is 0 Å². The molecule has 0 aliphatic heterocycles. The van der Waals surface area contributed by atoms with Crippen molar-refractivity contribution in [1.29, 1.82) is 0 Å². The fraction of sp³-hybridized carbons (Fsp3) is 0.211. The van der Waals surface area contributed by atoms with Gasteiger partial charge in [-0.05, 0) is 43.5 Å². The van der Waals surface area contributed by atoms with Crippen LogP contribution in [0.15, 0.2) is 59.8 Å². The van der Waals surface area contributed by atoms with Crippen LogP contribution in [-0.2, 0) is 0 Å². The van der Waals surface area contributed by atoms with Gasteiger partial charge in [0.25, 0.3) is 0 Å². The molecule has 6 nitrogen and oxygen atoms in total. The van der Waals surface area contributed by atoms with Gasteiger partial charge in [0.1, 0.15) is 5.82 Å². The van der Waals surface area contributed by atoms with E-state index >= 15 is 0 Å². The molecule has 134 valence electrons. The summed E-state index contributed by atoms with van der Waals surface area (Å²) in [6.07, 6.45) is 5.53. The second-order valence-electron chi connectivity index (χ2n) is 5.79. The van der Waals surface area contributed by atoms with Crippen LogP contribution >= 0.6 is 11.8 Å². The van der Waals surface area contributed by atoms with Crippen molar-refractivity contribution in [3.05, 3.63) is 54.9 Å². The molecule has 2 aromatic heterocycles. The fourth-order valence-electron chi connectivity index (χ4n) is 2.35. The number of anilines is 3. The van der Waals surface area contributed by atoms with Crippen molar-refractivity contribution < 1.29 is 5.11 Å². The highest BCUT2D eigenvalue weighted by molar-refractivity contribution is 7.98. The molecule has 1 aromatic carbocycles. The molecule has 3 rings (SSSR count). The highest BCUT2D eigenvalue weighted by Crippen LogP contribution is 2.25. The van der Waals surface area contributed by atoms with Gasteiger partial charge in [-0.1, -0.05) is 6.07 Å². The Hall–Kier alpha value is -2.64. The van der Waals surface area contributed by atoms with E-state index in [1.807, 2.05) is 43.5 Å². The average molecular weight is 367 g/mol. The molecule has 0 aliphatic carbocycles. The van der Waals surface area contributed by atoms with E-state index in [4.69, 9.17) is 0 Å². The molecule has 0 aliphatic rings. The summed E-state index contributed by atoms with van der Waals surface area (Å²) >= 11 is 1.69. The Bertz CT molecular complexity index is 860. The first kappa shape index (κ1) is 18.2. The van der Waals surface area contributed by atoms with E-state index < -0.39 is 0 Å². The highest BCUT2D eigenvalue weighted by atomic mass is 32.2. The first-order valence-corrected chi connectivity index (χ1v) is 9.48. The van der Waals surface area contributed by atoms with E-state index in [0.29, 0.717) is 11.8 Å². The van der Waals surface area contributed by atoms with E-state index in [1.54, 1.807) is 24.2 Å². The van der Waals surface area contributed by atoms with Crippen molar-refractivity contribution in [2.24, 2.45) is 0 Å². The summed E-state index contributed by atoms with van der Waals surface area (Å²) in [6.45, 7) is 1.87. The molecule has 0 spiro atoms. The normalized spacial score (nSPS) is 11.8. The molecule has 0 bridgehead atoms. The third-order valence-electron chi connectivity index (χ3n) is 3.67. The van der Waals surface area contributed by atoms with Gasteiger partial charge in [-0.25, -0.2) is 4.98 Å². The maximum Gasteiger partial charge on any atom is 0.225 e. The Kier molecular flexibility index (Phi) is 6.04. The number of aliphatic hydroxyl groups excluding tert-OH is 1. The largest absolute Gasteiger partial charge is 0.394 e. The second-order valence-corrected chi connectivity index (χ2v) is 6.67. The lowest BCUT2D eigenvalue weighted by Gasteiger charge is -2.14. The van der Waals surface area contributed by atoms with Crippen LogP contribution in [0.1, 0.15) is 6.92 Å². The Morgan fingerprint density at radius 3 is 2.77 bits per heavy atom. The van der Waals surface area contributed by atoms with Crippen molar-refractivity contribution in [2.75, 3.05) is 23.5 Å². The van der Waals surface area contributed by atoms with Gasteiger partial charge in [0.2, 0.25) is 5.95 Å². The van der Waals surface area contributed by atoms with E-state index in [9.17, 15) is 5.11 Å². The van der Waals surface area contributed by atoms with Crippen molar-refractivity contribution in [3.8, 4) is 11.3 Å². The lowest BCUT2D eigenvalue weighted by molar-refractivity contribution is 0.281. The molecule has 1 atom stereocenters. The zero-order chi connectivity index (χ0) is 18.4. The smallest absolute Gasteiger partial charge is 0.225 e. The van der Waals surface area contributed by atoms with Crippen LogP contribution in [0.25, 0.3) is 11.3 Å². The van der Waals surface area contributed by atoms with E-state index in [2.05, 4.69) is 37.7 Å². The van der Waals surface area contributed by atoms with E-state index in [1.165, 1.54) is 4.90 Å². The average Bonchev–Trinajstić information content (AvgIpc) is 2.68. The summed E-state index contributed by atoms with van der Waals surface area (Å²) in [7, 11) is 0. The minimum absolute atomic E-state index is 0.000982. The SMILES string of the molecule is CSc1cccc(Nc2cc(-c3cccnc3)nc(N[C@@H](C)CO)n2)c1. The van der Waals surface area contributed by atoms with Crippen molar-refractivity contribution >= 4 is 29.2 Å². The zero-order valence-electron chi connectivity index (χ0n) is 14.7. The monoisotopic (exact) mass is 367 g/mol. The maximum absolute atomic E-state index is 9.30. The number of aromatic nitrogens is 3. The summed E-state index contributed by atoms with van der Waals surface area (Å²) in [6, 6.07) is 13.7. The molecule has 0 amide bonds. The summed E-state index contributed by atoms with van der Waals surface area (Å²) < 4.78 is 0. The number of thioether (sulfide) groups is 1. The predicted octanol–water partition coefficient (Wildman–Crippen LogP) is 3.80. The quantitative estimate of drug-likeness (QED) is 0.548. The van der Waals surface area contributed by atoms with Gasteiger partial charge in [0.05, 0.1) is 12.3 Å². The number of aliphatic hydroxyl groups is 1. The summed E-state index contributed by atoms with van der Waals surface area (Å²) in [4.78, 5) is 14.4. The van der Waals surface area contributed by atoms with Crippen LogP contribution in [0.5, 0.6) is 0 Å². The molecule has 0 saturated carbocycles. The van der Waals surface area contributed by atoms with Crippen molar-refractivity contribution in [1.82, 2.24) is 15.0 Å². The molecule has 3 aromatic rings. The Labute approximate surface area is 157 Å². The number of hydrogen-bond acceptors (Lipinski definition) is 7. The summed E-state index contributed by atoms with van der Waals surface area (Å²) in [5.74, 6) is 1.13. The second kappa shape index (κ2) is 8.64. The van der Waals surface area contributed by atoms with Gasteiger partial charge in [-0.15, -0.1) is 11.8 Å². The summed E-state index contributed by atoms with van der Waals surface area (Å²) in [5.41, 5.74) is 2.61. The van der Waals surface area contributed by atoms with Crippen molar-refractivity contribution in [2.45, 2.75) is 17.9 Å². The van der Waals surface area contributed by atoms with Gasteiger partial charge in [-0.2, -0.15) is 4.98 Å². The van der Waals surface area contributed by atoms with Crippen LogP contribution in [0.3, 0.4) is 0 Å². The Morgan fingerprint density at radius 1 is 1.15 bits per heavy atom. The minimum Gasteiger partial charge on any atom is -0.394 e. The van der Waals surface area contributed by atoms with Gasteiger partial charge < -0.3 is 15.7 Å². The van der Waals surface area contributed by atoms with Gasteiger partial charge in [0, 0.05) is 40.6 Å². The van der Waals surface area contributed by atoms with Crippen LogP contribution in [0.4, 0.5) is 17.5 Å². The van der Waals surface area contributed by atoms with Gasteiger partial charge in [-0.3, -0.25) is 4.98 Å². The summed E-state index contributed by atoms with van der Waals surface area (Å²) in [5, 5.41) is 15.7. The molecule has 3 N–H and O–H groups in total. The standard InChI is InChI=1S/C19H21N5OS/c1-13(12-25)21-19-23-17(14-5-4-8-20-11-14)10-18(24-19)22-15-6-3-7-16(9-15)26-2/h3-11,13,25H,12H2,1-2H3,(H2,21,22,23,24)/t13-/m0/s1. The third-order valence-corrected chi connectivity index (χ3v) is 4.40. The maximum atomic E-state index is 9.30. The molecular weight excluding hydrogens is 346 g/mol. The first-order valence-electron chi connectivity index (χ1n) is 8.26. The highest BCUT2D eigenvalue weighted by Gasteiger charge is 2.10. The molecule has 0 unspecified atom stereocenters. The molecule has 26 heavy (non-hydrogen) atoms. The van der Waals surface area contributed by atoms with Crippen LogP contribution in [0.2, 0.25) is 0 Å². The third kappa shape index (κ3) is 4.71. The number of pyridine rings is 1. The predicted molar refractivity (Wildman–Crippen MR) is 107 cm³/mol. The van der Waals surface area contributed by atoms with E-state index in [-0.39, 0.29) is 12.6 Å². The lowest BCUT2D eigenvalue weighted by atomic mass is 10.2. The molecule has 0 radical (unpaired) electrons. The number of hydrogen-bond donors (Lipinski definition) is 3. The van der Waals surface area contributed by atoms with Gasteiger partial charge >= 0.3 is 0 Å². The number of nitrogens with zero attached hydrogens (tertiary/aromatic N) is 3. The fourth-order valence-corrected chi connectivity index (χ4v) is 2.81. The number of rotatable bonds is 7. The molecule has 0 saturated heterocycles. The Morgan fingerprint density at radius 2 is 2.04 bits per heavy atom. The van der Waals surface area contributed by atoms with Gasteiger partial charge in [0.15, 0.2) is 0 Å². The first-order chi connectivity index (χ1) is 12.7. The van der Waals surface area contributed by atoms with E-state index in [0.717, 1.165) is 16.9 Å². The lowest BCUT2D eigenvalue weighted by Crippen LogP contribution is -2.21. The zero-order valence-corrected chi connectivity index (χ0v) is 15.5. The van der Waals surface area contributed by atoms with Crippen LogP contribution in [-0.4, -0.2) is 39.0 Å². The number of benzene rings is 1. The number of nitrogens with one attached hydrogen (secondary N) is 2. The molecule has 2 heterocycles. The van der Waals surface area contributed by atoms with Crippen LogP contribution in [0, 0.1) is 0 Å². The minimum atomic E-state index is -0.146. The topological polar surface area (TPSA) is 83.0 Å². The molecular formula is C19H21N5OS. The Balaban J connectivity index is 1.96. The molecule has 0 fully saturated rings. The molecule has 7 heteroatoms.